The SMILES string of the molecule is Cc1ccc(C(NC(=O)c2cncc(Br)c2)c2ccccc2)cc1. The maximum absolute atomic E-state index is 12.6. The highest BCUT2D eigenvalue weighted by atomic mass is 79.9. The zero-order chi connectivity index (χ0) is 16.9. The average molecular weight is 381 g/mol. The van der Waals surface area contributed by atoms with Gasteiger partial charge in [0.15, 0.2) is 0 Å². The molecule has 0 aliphatic rings. The normalized spacial score (nSPS) is 11.8. The number of halogens is 1. The van der Waals surface area contributed by atoms with Crippen molar-refractivity contribution in [2.75, 3.05) is 0 Å². The summed E-state index contributed by atoms with van der Waals surface area (Å²) in [6.07, 6.45) is 3.22. The summed E-state index contributed by atoms with van der Waals surface area (Å²) in [5.41, 5.74) is 3.80. The Morgan fingerprint density at radius 2 is 1.67 bits per heavy atom. The molecule has 24 heavy (non-hydrogen) atoms. The Kier molecular flexibility index (Phi) is 5.06. The second-order valence-corrected chi connectivity index (χ2v) is 6.54. The molecule has 0 saturated heterocycles. The van der Waals surface area contributed by atoms with Gasteiger partial charge in [-0.15, -0.1) is 0 Å². The van der Waals surface area contributed by atoms with E-state index in [1.165, 1.54) is 5.56 Å². The third-order valence-electron chi connectivity index (χ3n) is 3.79. The number of aryl methyl sites for hydroxylation is 1. The van der Waals surface area contributed by atoms with Gasteiger partial charge in [-0.1, -0.05) is 60.2 Å². The van der Waals surface area contributed by atoms with Crippen LogP contribution in [0.1, 0.15) is 33.1 Å². The minimum Gasteiger partial charge on any atom is -0.341 e. The van der Waals surface area contributed by atoms with Crippen LogP contribution < -0.4 is 5.32 Å². The molecule has 120 valence electrons. The van der Waals surface area contributed by atoms with Crippen molar-refractivity contribution >= 4 is 21.8 Å². The van der Waals surface area contributed by atoms with Crippen LogP contribution in [0.25, 0.3) is 0 Å². The van der Waals surface area contributed by atoms with E-state index in [2.05, 4.69) is 38.4 Å². The summed E-state index contributed by atoms with van der Waals surface area (Å²) in [6, 6.07) is 19.7. The second kappa shape index (κ2) is 7.41. The number of hydrogen-bond donors (Lipinski definition) is 1. The van der Waals surface area contributed by atoms with E-state index >= 15 is 0 Å². The predicted molar refractivity (Wildman–Crippen MR) is 98.9 cm³/mol. The van der Waals surface area contributed by atoms with Crippen LogP contribution in [-0.4, -0.2) is 10.9 Å². The lowest BCUT2D eigenvalue weighted by molar-refractivity contribution is 0.0942. The monoisotopic (exact) mass is 380 g/mol. The van der Waals surface area contributed by atoms with Gasteiger partial charge in [-0.3, -0.25) is 9.78 Å². The Labute approximate surface area is 149 Å². The first-order valence-electron chi connectivity index (χ1n) is 7.66. The van der Waals surface area contributed by atoms with Gasteiger partial charge in [0, 0.05) is 16.9 Å². The van der Waals surface area contributed by atoms with Gasteiger partial charge in [0.25, 0.3) is 5.91 Å². The van der Waals surface area contributed by atoms with Gasteiger partial charge >= 0.3 is 0 Å². The number of rotatable bonds is 4. The maximum atomic E-state index is 12.6. The number of carbonyl (C=O) groups is 1. The number of benzene rings is 2. The van der Waals surface area contributed by atoms with Crippen LogP contribution in [0, 0.1) is 6.92 Å². The number of nitrogens with one attached hydrogen (secondary N) is 1. The van der Waals surface area contributed by atoms with Gasteiger partial charge in [-0.2, -0.15) is 0 Å². The van der Waals surface area contributed by atoms with Crippen molar-refractivity contribution in [3.8, 4) is 0 Å². The molecule has 0 aliphatic heterocycles. The van der Waals surface area contributed by atoms with E-state index in [-0.39, 0.29) is 11.9 Å². The number of nitrogens with zero attached hydrogens (tertiary/aromatic N) is 1. The number of amides is 1. The maximum Gasteiger partial charge on any atom is 0.253 e. The highest BCUT2D eigenvalue weighted by Gasteiger charge is 2.18. The molecule has 0 fully saturated rings. The molecular formula is C20H17BrN2O. The molecule has 1 aromatic heterocycles. The molecule has 0 spiro atoms. The topological polar surface area (TPSA) is 42.0 Å². The van der Waals surface area contributed by atoms with Crippen LogP contribution in [0.4, 0.5) is 0 Å². The van der Waals surface area contributed by atoms with E-state index in [1.54, 1.807) is 18.5 Å². The van der Waals surface area contributed by atoms with Crippen molar-refractivity contribution in [3.05, 3.63) is 99.8 Å². The summed E-state index contributed by atoms with van der Waals surface area (Å²) < 4.78 is 0.779. The molecule has 3 nitrogen and oxygen atoms in total. The molecule has 1 N–H and O–H groups in total. The second-order valence-electron chi connectivity index (χ2n) is 5.62. The van der Waals surface area contributed by atoms with Gasteiger partial charge < -0.3 is 5.32 Å². The summed E-state index contributed by atoms with van der Waals surface area (Å²) in [6.45, 7) is 2.05. The van der Waals surface area contributed by atoms with E-state index in [0.717, 1.165) is 15.6 Å². The third kappa shape index (κ3) is 3.89. The fraction of sp³-hybridized carbons (Fsp3) is 0.100. The van der Waals surface area contributed by atoms with Crippen LogP contribution >= 0.6 is 15.9 Å². The summed E-state index contributed by atoms with van der Waals surface area (Å²) in [7, 11) is 0. The largest absolute Gasteiger partial charge is 0.341 e. The Hall–Kier alpha value is -2.46. The minimum absolute atomic E-state index is 0.154. The molecule has 0 aliphatic carbocycles. The Morgan fingerprint density at radius 3 is 2.33 bits per heavy atom. The quantitative estimate of drug-likeness (QED) is 0.714. The first-order valence-corrected chi connectivity index (χ1v) is 8.46. The minimum atomic E-state index is -0.210. The Bertz CT molecular complexity index is 832. The number of carbonyl (C=O) groups excluding carboxylic acids is 1. The number of pyridine rings is 1. The molecule has 4 heteroatoms. The van der Waals surface area contributed by atoms with E-state index in [1.807, 2.05) is 49.4 Å². The highest BCUT2D eigenvalue weighted by Crippen LogP contribution is 2.23. The smallest absolute Gasteiger partial charge is 0.253 e. The molecule has 3 aromatic rings. The lowest BCUT2D eigenvalue weighted by Crippen LogP contribution is -2.29. The molecular weight excluding hydrogens is 364 g/mol. The van der Waals surface area contributed by atoms with Crippen molar-refractivity contribution in [2.24, 2.45) is 0 Å². The zero-order valence-corrected chi connectivity index (χ0v) is 14.8. The van der Waals surface area contributed by atoms with E-state index in [4.69, 9.17) is 0 Å². The number of aromatic nitrogens is 1. The van der Waals surface area contributed by atoms with Crippen molar-refractivity contribution in [2.45, 2.75) is 13.0 Å². The molecule has 1 heterocycles. The van der Waals surface area contributed by atoms with Crippen LogP contribution in [0.2, 0.25) is 0 Å². The van der Waals surface area contributed by atoms with Crippen molar-refractivity contribution in [1.29, 1.82) is 0 Å². The highest BCUT2D eigenvalue weighted by molar-refractivity contribution is 9.10. The van der Waals surface area contributed by atoms with E-state index < -0.39 is 0 Å². The first kappa shape index (κ1) is 16.4. The van der Waals surface area contributed by atoms with Gasteiger partial charge in [0.1, 0.15) is 0 Å². The fourth-order valence-corrected chi connectivity index (χ4v) is 2.88. The average Bonchev–Trinajstić information content (AvgIpc) is 2.61. The molecule has 3 rings (SSSR count). The summed E-state index contributed by atoms with van der Waals surface area (Å²) >= 11 is 3.35. The Morgan fingerprint density at radius 1 is 1.00 bits per heavy atom. The zero-order valence-electron chi connectivity index (χ0n) is 13.2. The summed E-state index contributed by atoms with van der Waals surface area (Å²) in [5.74, 6) is -0.154. The molecule has 0 bridgehead atoms. The number of hydrogen-bond acceptors (Lipinski definition) is 2. The molecule has 1 amide bonds. The Balaban J connectivity index is 1.93. The lowest BCUT2D eigenvalue weighted by Gasteiger charge is -2.20. The third-order valence-corrected chi connectivity index (χ3v) is 4.22. The summed E-state index contributed by atoms with van der Waals surface area (Å²) in [4.78, 5) is 16.7. The predicted octanol–water partition coefficient (Wildman–Crippen LogP) is 4.67. The van der Waals surface area contributed by atoms with E-state index in [0.29, 0.717) is 5.56 Å². The van der Waals surface area contributed by atoms with Crippen molar-refractivity contribution < 1.29 is 4.79 Å². The van der Waals surface area contributed by atoms with Gasteiger partial charge in [-0.05, 0) is 40.0 Å². The van der Waals surface area contributed by atoms with Crippen molar-refractivity contribution in [1.82, 2.24) is 10.3 Å². The molecule has 1 atom stereocenters. The van der Waals surface area contributed by atoms with Crippen LogP contribution in [-0.2, 0) is 0 Å². The fourth-order valence-electron chi connectivity index (χ4n) is 2.51. The summed E-state index contributed by atoms with van der Waals surface area (Å²) in [5, 5.41) is 3.11. The molecule has 1 unspecified atom stereocenters. The molecule has 0 saturated carbocycles. The van der Waals surface area contributed by atoms with Crippen LogP contribution in [0.5, 0.6) is 0 Å². The van der Waals surface area contributed by atoms with Crippen molar-refractivity contribution in [3.63, 3.8) is 0 Å². The van der Waals surface area contributed by atoms with Gasteiger partial charge in [-0.25, -0.2) is 0 Å². The van der Waals surface area contributed by atoms with Crippen LogP contribution in [0.15, 0.2) is 77.5 Å². The van der Waals surface area contributed by atoms with Gasteiger partial charge in [0.05, 0.1) is 11.6 Å². The standard InChI is InChI=1S/C20H17BrN2O/c1-14-7-9-16(10-8-14)19(15-5-3-2-4-6-15)23-20(24)17-11-18(21)13-22-12-17/h2-13,19H,1H3,(H,23,24). The lowest BCUT2D eigenvalue weighted by atomic mass is 9.97. The molecule has 0 radical (unpaired) electrons. The van der Waals surface area contributed by atoms with Gasteiger partial charge in [0.2, 0.25) is 0 Å². The van der Waals surface area contributed by atoms with E-state index in [9.17, 15) is 4.79 Å². The first-order chi connectivity index (χ1) is 11.6. The van der Waals surface area contributed by atoms with Crippen LogP contribution in [0.3, 0.4) is 0 Å². The molecule has 2 aromatic carbocycles.